The quantitative estimate of drug-likeness (QED) is 0.688. The van der Waals surface area contributed by atoms with Gasteiger partial charge in [-0.15, -0.1) is 0 Å². The van der Waals surface area contributed by atoms with Crippen molar-refractivity contribution >= 4 is 0 Å². The average molecular weight is 181 g/mol. The molecule has 1 aromatic heterocycles. The fraction of sp³-hybridized carbons (Fsp3) is 0.750. The lowest BCUT2D eigenvalue weighted by Gasteiger charge is -2.18. The third-order valence-corrected chi connectivity index (χ3v) is 2.26. The van der Waals surface area contributed by atoms with E-state index < -0.39 is 0 Å². The molecule has 13 heavy (non-hydrogen) atoms. The molecule has 1 aromatic rings. The van der Waals surface area contributed by atoms with Gasteiger partial charge in [-0.05, 0) is 12.8 Å². The molecule has 1 saturated heterocycles. The summed E-state index contributed by atoms with van der Waals surface area (Å²) in [6.07, 6.45) is 5.63. The van der Waals surface area contributed by atoms with Gasteiger partial charge in [-0.25, -0.2) is 5.01 Å². The number of nitrogens with one attached hydrogen (secondary N) is 2. The Balaban J connectivity index is 1.86. The number of nitrogens with zero attached hydrogens (tertiary/aromatic N) is 3. The van der Waals surface area contributed by atoms with E-state index in [1.54, 1.807) is 6.20 Å². The first-order chi connectivity index (χ1) is 6.45. The Morgan fingerprint density at radius 2 is 2.38 bits per heavy atom. The predicted octanol–water partition coefficient (Wildman–Crippen LogP) is 0.295. The van der Waals surface area contributed by atoms with Crippen LogP contribution in [-0.2, 0) is 6.54 Å². The van der Waals surface area contributed by atoms with Crippen LogP contribution in [0.15, 0.2) is 6.20 Å². The first-order valence-electron chi connectivity index (χ1n) is 4.78. The van der Waals surface area contributed by atoms with Gasteiger partial charge in [0.2, 0.25) is 0 Å². The molecule has 1 aliphatic heterocycles. The molecule has 1 fully saturated rings. The highest BCUT2D eigenvalue weighted by Crippen LogP contribution is 2.04. The number of aromatic amines is 1. The molecule has 2 heterocycles. The van der Waals surface area contributed by atoms with Crippen LogP contribution in [0.3, 0.4) is 0 Å². The van der Waals surface area contributed by atoms with Crippen molar-refractivity contribution in [2.75, 3.05) is 13.1 Å². The van der Waals surface area contributed by atoms with Gasteiger partial charge >= 0.3 is 0 Å². The normalized spacial score (nSPS) is 20.0. The van der Waals surface area contributed by atoms with Gasteiger partial charge < -0.3 is 0 Å². The first-order valence-corrected chi connectivity index (χ1v) is 4.78. The van der Waals surface area contributed by atoms with E-state index in [0.717, 1.165) is 25.3 Å². The topological polar surface area (TPSA) is 56.8 Å². The first kappa shape index (κ1) is 8.65. The zero-order valence-corrected chi connectivity index (χ0v) is 7.66. The van der Waals surface area contributed by atoms with Crippen molar-refractivity contribution < 1.29 is 0 Å². The molecule has 0 aliphatic carbocycles. The molecule has 0 saturated carbocycles. The zero-order chi connectivity index (χ0) is 8.93. The summed E-state index contributed by atoms with van der Waals surface area (Å²) in [6.45, 7) is 3.03. The van der Waals surface area contributed by atoms with E-state index in [1.807, 2.05) is 0 Å². The maximum absolute atomic E-state index is 4.02. The van der Waals surface area contributed by atoms with Crippen molar-refractivity contribution in [1.29, 1.82) is 0 Å². The zero-order valence-electron chi connectivity index (χ0n) is 7.66. The van der Waals surface area contributed by atoms with E-state index in [0.29, 0.717) is 0 Å². The van der Waals surface area contributed by atoms with E-state index in [4.69, 9.17) is 0 Å². The van der Waals surface area contributed by atoms with Crippen LogP contribution in [0.4, 0.5) is 0 Å². The summed E-state index contributed by atoms with van der Waals surface area (Å²) in [5.41, 5.74) is 4.37. The van der Waals surface area contributed by atoms with Crippen LogP contribution in [0.25, 0.3) is 0 Å². The maximum atomic E-state index is 4.02. The molecule has 0 amide bonds. The molecule has 0 unspecified atom stereocenters. The summed E-state index contributed by atoms with van der Waals surface area (Å²) >= 11 is 0. The van der Waals surface area contributed by atoms with Crippen LogP contribution < -0.4 is 5.43 Å². The number of hydrogen-bond acceptors (Lipinski definition) is 4. The number of aromatic nitrogens is 3. The summed E-state index contributed by atoms with van der Waals surface area (Å²) in [7, 11) is 0. The van der Waals surface area contributed by atoms with E-state index in [1.165, 1.54) is 19.3 Å². The largest absolute Gasteiger partial charge is 0.255 e. The van der Waals surface area contributed by atoms with E-state index in [2.05, 4.69) is 25.8 Å². The van der Waals surface area contributed by atoms with Crippen molar-refractivity contribution in [3.63, 3.8) is 0 Å². The Bertz CT molecular complexity index is 225. The summed E-state index contributed by atoms with van der Waals surface area (Å²) in [6, 6.07) is 0. The lowest BCUT2D eigenvalue weighted by molar-refractivity contribution is 0.190. The monoisotopic (exact) mass is 181 g/mol. The Labute approximate surface area is 77.5 Å². The highest BCUT2D eigenvalue weighted by molar-refractivity contribution is 4.89. The van der Waals surface area contributed by atoms with Crippen LogP contribution in [0, 0.1) is 0 Å². The Morgan fingerprint density at radius 3 is 3.23 bits per heavy atom. The minimum absolute atomic E-state index is 0.844. The van der Waals surface area contributed by atoms with E-state index in [-0.39, 0.29) is 0 Å². The van der Waals surface area contributed by atoms with Gasteiger partial charge in [0.25, 0.3) is 0 Å². The van der Waals surface area contributed by atoms with E-state index in [9.17, 15) is 0 Å². The molecular weight excluding hydrogens is 166 g/mol. The van der Waals surface area contributed by atoms with Gasteiger partial charge in [0, 0.05) is 13.1 Å². The van der Waals surface area contributed by atoms with E-state index >= 15 is 0 Å². The molecule has 0 bridgehead atoms. The Morgan fingerprint density at radius 1 is 1.38 bits per heavy atom. The van der Waals surface area contributed by atoms with Crippen molar-refractivity contribution in [3.8, 4) is 0 Å². The number of H-pyrrole nitrogens is 1. The SMILES string of the molecule is c1n[nH]nc1CN1CCCCCN1. The number of hydrazine groups is 1. The third kappa shape index (κ3) is 2.50. The fourth-order valence-electron chi connectivity index (χ4n) is 1.55. The molecule has 0 atom stereocenters. The fourth-order valence-corrected chi connectivity index (χ4v) is 1.55. The molecule has 5 heteroatoms. The summed E-state index contributed by atoms with van der Waals surface area (Å²) in [5, 5.41) is 12.6. The van der Waals surface area contributed by atoms with Gasteiger partial charge in [0.1, 0.15) is 0 Å². The molecular formula is C8H15N5. The summed E-state index contributed by atoms with van der Waals surface area (Å²) in [4.78, 5) is 0. The number of hydrogen-bond donors (Lipinski definition) is 2. The second-order valence-electron chi connectivity index (χ2n) is 3.35. The summed E-state index contributed by atoms with van der Waals surface area (Å²) in [5.74, 6) is 0. The van der Waals surface area contributed by atoms with Crippen molar-refractivity contribution in [2.45, 2.75) is 25.8 Å². The average Bonchev–Trinajstić information content (AvgIpc) is 2.49. The number of rotatable bonds is 2. The van der Waals surface area contributed by atoms with Crippen molar-refractivity contribution in [2.24, 2.45) is 0 Å². The van der Waals surface area contributed by atoms with Crippen LogP contribution in [-0.4, -0.2) is 33.5 Å². The van der Waals surface area contributed by atoms with Gasteiger partial charge in [-0.2, -0.15) is 15.4 Å². The highest BCUT2D eigenvalue weighted by atomic mass is 15.5. The molecule has 0 radical (unpaired) electrons. The van der Waals surface area contributed by atoms with Crippen LogP contribution >= 0.6 is 0 Å². The van der Waals surface area contributed by atoms with Gasteiger partial charge in [-0.3, -0.25) is 5.43 Å². The standard InChI is InChI=1S/C8H15N5/c1-2-4-10-13(5-3-1)7-8-6-9-12-11-8/h6,10H,1-5,7H2,(H,9,11,12). The molecule has 1 aliphatic rings. The molecule has 0 spiro atoms. The lowest BCUT2D eigenvalue weighted by Crippen LogP contribution is -2.37. The van der Waals surface area contributed by atoms with Crippen molar-refractivity contribution in [1.82, 2.24) is 25.8 Å². The molecule has 2 rings (SSSR count). The summed E-state index contributed by atoms with van der Waals surface area (Å²) < 4.78 is 0. The Hall–Kier alpha value is -0.940. The van der Waals surface area contributed by atoms with Crippen LogP contribution in [0.1, 0.15) is 25.0 Å². The van der Waals surface area contributed by atoms with Crippen molar-refractivity contribution in [3.05, 3.63) is 11.9 Å². The van der Waals surface area contributed by atoms with Gasteiger partial charge in [0.05, 0.1) is 18.4 Å². The smallest absolute Gasteiger partial charge is 0.0979 e. The third-order valence-electron chi connectivity index (χ3n) is 2.26. The highest BCUT2D eigenvalue weighted by Gasteiger charge is 2.09. The minimum Gasteiger partial charge on any atom is -0.255 e. The van der Waals surface area contributed by atoms with Crippen LogP contribution in [0.5, 0.6) is 0 Å². The molecule has 0 aromatic carbocycles. The molecule has 2 N–H and O–H groups in total. The van der Waals surface area contributed by atoms with Crippen LogP contribution in [0.2, 0.25) is 0 Å². The molecule has 72 valence electrons. The lowest BCUT2D eigenvalue weighted by atomic mass is 10.2. The van der Waals surface area contributed by atoms with Gasteiger partial charge in [0.15, 0.2) is 0 Å². The van der Waals surface area contributed by atoms with Gasteiger partial charge in [-0.1, -0.05) is 6.42 Å². The second kappa shape index (κ2) is 4.34. The Kier molecular flexibility index (Phi) is 2.89. The predicted molar refractivity (Wildman–Crippen MR) is 48.6 cm³/mol. The maximum Gasteiger partial charge on any atom is 0.0979 e. The molecule has 5 nitrogen and oxygen atoms in total. The minimum atomic E-state index is 0.844. The second-order valence-corrected chi connectivity index (χ2v) is 3.35.